The van der Waals surface area contributed by atoms with Crippen LogP contribution in [-0.4, -0.2) is 12.4 Å². The predicted molar refractivity (Wildman–Crippen MR) is 56.1 cm³/mol. The van der Waals surface area contributed by atoms with Crippen LogP contribution in [0.3, 0.4) is 0 Å². The molecular formula is C9H9NO2S2. The van der Waals surface area contributed by atoms with E-state index in [0.29, 0.717) is 4.21 Å². The molecular weight excluding hydrogens is 218 g/mol. The summed E-state index contributed by atoms with van der Waals surface area (Å²) in [5, 5.41) is 0. The van der Waals surface area contributed by atoms with Crippen LogP contribution in [0.4, 0.5) is 0 Å². The normalized spacial score (nSPS) is 11.8. The smallest absolute Gasteiger partial charge is 0.248 e. The highest BCUT2D eigenvalue weighted by atomic mass is 32.2. The molecule has 0 aromatic carbocycles. The van der Waals surface area contributed by atoms with E-state index in [1.165, 1.54) is 27.7 Å². The van der Waals surface area contributed by atoms with E-state index in [1.807, 2.05) is 6.92 Å². The summed E-state index contributed by atoms with van der Waals surface area (Å²) >= 11 is 1.28. The molecule has 0 atom stereocenters. The first-order valence-electron chi connectivity index (χ1n) is 4.06. The number of hydrogen-bond donors (Lipinski definition) is 0. The van der Waals surface area contributed by atoms with Crippen LogP contribution < -0.4 is 0 Å². The fourth-order valence-corrected chi connectivity index (χ4v) is 3.71. The van der Waals surface area contributed by atoms with Crippen molar-refractivity contribution in [2.45, 2.75) is 11.1 Å². The van der Waals surface area contributed by atoms with Crippen molar-refractivity contribution in [3.8, 4) is 0 Å². The summed E-state index contributed by atoms with van der Waals surface area (Å²) in [4.78, 5) is 0.996. The van der Waals surface area contributed by atoms with Gasteiger partial charge in [-0.15, -0.1) is 11.3 Å². The van der Waals surface area contributed by atoms with Crippen LogP contribution in [0, 0.1) is 6.92 Å². The number of nitrogens with zero attached hydrogens (tertiary/aromatic N) is 1. The topological polar surface area (TPSA) is 39.1 Å². The summed E-state index contributed by atoms with van der Waals surface area (Å²) in [5.41, 5.74) is 0. The van der Waals surface area contributed by atoms with E-state index in [0.717, 1.165) is 4.88 Å². The molecule has 5 heteroatoms. The Morgan fingerprint density at radius 2 is 1.86 bits per heavy atom. The lowest BCUT2D eigenvalue weighted by Gasteiger charge is -2.01. The quantitative estimate of drug-likeness (QED) is 0.788. The minimum Gasteiger partial charge on any atom is -0.248 e. The monoisotopic (exact) mass is 227 g/mol. The largest absolute Gasteiger partial charge is 0.277 e. The second-order valence-corrected chi connectivity index (χ2v) is 6.24. The van der Waals surface area contributed by atoms with Crippen molar-refractivity contribution in [3.05, 3.63) is 41.5 Å². The molecule has 0 saturated carbocycles. The molecule has 2 heterocycles. The summed E-state index contributed by atoms with van der Waals surface area (Å²) in [7, 11) is -3.34. The van der Waals surface area contributed by atoms with Gasteiger partial charge in [-0.25, -0.2) is 3.97 Å². The Balaban J connectivity index is 2.54. The van der Waals surface area contributed by atoms with Crippen molar-refractivity contribution in [1.82, 2.24) is 3.97 Å². The number of thiophene rings is 1. The minimum absolute atomic E-state index is 0.381. The molecule has 0 radical (unpaired) electrons. The fraction of sp³-hybridized carbons (Fsp3) is 0.111. The number of hydrogen-bond acceptors (Lipinski definition) is 3. The van der Waals surface area contributed by atoms with E-state index in [4.69, 9.17) is 0 Å². The van der Waals surface area contributed by atoms with Gasteiger partial charge in [0.2, 0.25) is 0 Å². The van der Waals surface area contributed by atoms with Crippen molar-refractivity contribution in [2.24, 2.45) is 0 Å². The van der Waals surface area contributed by atoms with Gasteiger partial charge in [-0.1, -0.05) is 0 Å². The van der Waals surface area contributed by atoms with Gasteiger partial charge in [-0.3, -0.25) is 0 Å². The lowest BCUT2D eigenvalue weighted by molar-refractivity contribution is 0.589. The molecule has 0 unspecified atom stereocenters. The summed E-state index contributed by atoms with van der Waals surface area (Å²) in [5.74, 6) is 0. The van der Waals surface area contributed by atoms with E-state index in [1.54, 1.807) is 24.3 Å². The van der Waals surface area contributed by atoms with Gasteiger partial charge in [0.15, 0.2) is 0 Å². The van der Waals surface area contributed by atoms with Crippen LogP contribution in [0.15, 0.2) is 40.9 Å². The lowest BCUT2D eigenvalue weighted by atomic mass is 10.5. The Bertz CT molecular complexity index is 523. The zero-order valence-electron chi connectivity index (χ0n) is 7.54. The molecule has 74 valence electrons. The van der Waals surface area contributed by atoms with Crippen molar-refractivity contribution in [1.29, 1.82) is 0 Å². The van der Waals surface area contributed by atoms with Crippen molar-refractivity contribution >= 4 is 21.4 Å². The van der Waals surface area contributed by atoms with Gasteiger partial charge in [-0.05, 0) is 31.2 Å². The van der Waals surface area contributed by atoms with E-state index in [-0.39, 0.29) is 0 Å². The molecule has 0 spiro atoms. The van der Waals surface area contributed by atoms with Crippen molar-refractivity contribution < 1.29 is 8.42 Å². The summed E-state index contributed by atoms with van der Waals surface area (Å²) < 4.78 is 25.4. The Labute approximate surface area is 86.7 Å². The highest BCUT2D eigenvalue weighted by molar-refractivity contribution is 7.92. The zero-order chi connectivity index (χ0) is 10.2. The van der Waals surface area contributed by atoms with Gasteiger partial charge < -0.3 is 0 Å². The molecule has 2 aromatic rings. The maximum atomic E-state index is 11.9. The highest BCUT2D eigenvalue weighted by Gasteiger charge is 2.16. The number of aryl methyl sites for hydroxylation is 1. The predicted octanol–water partition coefficient (Wildman–Crippen LogP) is 2.10. The first-order valence-corrected chi connectivity index (χ1v) is 6.31. The fourth-order valence-electron chi connectivity index (χ4n) is 1.13. The zero-order valence-corrected chi connectivity index (χ0v) is 9.18. The van der Waals surface area contributed by atoms with E-state index in [2.05, 4.69) is 0 Å². The molecule has 0 bridgehead atoms. The maximum Gasteiger partial charge on any atom is 0.277 e. The van der Waals surface area contributed by atoms with E-state index >= 15 is 0 Å². The van der Waals surface area contributed by atoms with Crippen LogP contribution in [0.1, 0.15) is 4.88 Å². The first kappa shape index (κ1) is 9.48. The third-order valence-electron chi connectivity index (χ3n) is 1.82. The molecule has 0 N–H and O–H groups in total. The van der Waals surface area contributed by atoms with Gasteiger partial charge in [0.05, 0.1) is 0 Å². The molecule has 0 amide bonds. The summed E-state index contributed by atoms with van der Waals surface area (Å²) in [6.45, 7) is 1.89. The summed E-state index contributed by atoms with van der Waals surface area (Å²) in [6.07, 6.45) is 3.06. The lowest BCUT2D eigenvalue weighted by Crippen LogP contribution is -2.08. The second kappa shape index (κ2) is 3.25. The van der Waals surface area contributed by atoms with Gasteiger partial charge >= 0.3 is 0 Å². The standard InChI is InChI=1S/C9H9NO2S2/c1-8-4-5-9(13-8)14(11,12)10-6-2-3-7-10/h2-7H,1H3. The Morgan fingerprint density at radius 1 is 1.21 bits per heavy atom. The van der Waals surface area contributed by atoms with E-state index < -0.39 is 10.0 Å². The van der Waals surface area contributed by atoms with Crippen LogP contribution in [0.25, 0.3) is 0 Å². The van der Waals surface area contributed by atoms with Gasteiger partial charge in [0.25, 0.3) is 10.0 Å². The Hall–Kier alpha value is -1.07. The molecule has 0 aliphatic carbocycles. The van der Waals surface area contributed by atoms with Gasteiger partial charge in [0.1, 0.15) is 4.21 Å². The van der Waals surface area contributed by atoms with E-state index in [9.17, 15) is 8.42 Å². The maximum absolute atomic E-state index is 11.9. The minimum atomic E-state index is -3.34. The Kier molecular flexibility index (Phi) is 2.20. The molecule has 0 aliphatic heterocycles. The van der Waals surface area contributed by atoms with Crippen molar-refractivity contribution in [2.75, 3.05) is 0 Å². The Morgan fingerprint density at radius 3 is 2.36 bits per heavy atom. The second-order valence-electron chi connectivity index (χ2n) is 2.88. The summed E-state index contributed by atoms with van der Waals surface area (Å²) in [6, 6.07) is 6.83. The third-order valence-corrected chi connectivity index (χ3v) is 4.94. The van der Waals surface area contributed by atoms with Crippen LogP contribution in [0.2, 0.25) is 0 Å². The third kappa shape index (κ3) is 1.49. The molecule has 14 heavy (non-hydrogen) atoms. The number of rotatable bonds is 2. The molecule has 0 saturated heterocycles. The number of aromatic nitrogens is 1. The molecule has 3 nitrogen and oxygen atoms in total. The molecule has 0 fully saturated rings. The average molecular weight is 227 g/mol. The van der Waals surface area contributed by atoms with Gasteiger partial charge in [0, 0.05) is 17.3 Å². The van der Waals surface area contributed by atoms with Crippen LogP contribution >= 0.6 is 11.3 Å². The average Bonchev–Trinajstić information content (AvgIpc) is 2.72. The van der Waals surface area contributed by atoms with Crippen LogP contribution in [0.5, 0.6) is 0 Å². The molecule has 2 aromatic heterocycles. The van der Waals surface area contributed by atoms with Gasteiger partial charge in [-0.2, -0.15) is 8.42 Å². The molecule has 2 rings (SSSR count). The first-order chi connectivity index (χ1) is 6.60. The highest BCUT2D eigenvalue weighted by Crippen LogP contribution is 2.22. The van der Waals surface area contributed by atoms with Crippen molar-refractivity contribution in [3.63, 3.8) is 0 Å². The molecule has 0 aliphatic rings. The SMILES string of the molecule is Cc1ccc(S(=O)(=O)n2cccc2)s1. The van der Waals surface area contributed by atoms with Crippen LogP contribution in [-0.2, 0) is 10.0 Å².